The minimum absolute atomic E-state index is 0.113. The van der Waals surface area contributed by atoms with Crippen LogP contribution in [-0.4, -0.2) is 38.1 Å². The van der Waals surface area contributed by atoms with E-state index < -0.39 is 0 Å². The minimum Gasteiger partial charge on any atom is -0.493 e. The van der Waals surface area contributed by atoms with Crippen LogP contribution in [0.1, 0.15) is 42.1 Å². The van der Waals surface area contributed by atoms with Crippen molar-refractivity contribution in [2.24, 2.45) is 0 Å². The number of benzene rings is 1. The number of carbonyl (C=O) groups excluding carboxylic acids is 1. The van der Waals surface area contributed by atoms with E-state index in [-0.39, 0.29) is 5.91 Å². The SMILES string of the molecule is CCc1cc(OC)c(OC)cc1C(=O)N1CCCCC1. The average molecular weight is 277 g/mol. The lowest BCUT2D eigenvalue weighted by molar-refractivity contribution is 0.0723. The molecule has 1 aliphatic rings. The van der Waals surface area contributed by atoms with Crippen molar-refractivity contribution in [3.63, 3.8) is 0 Å². The first kappa shape index (κ1) is 14.7. The van der Waals surface area contributed by atoms with E-state index in [0.717, 1.165) is 43.5 Å². The van der Waals surface area contributed by atoms with Crippen LogP contribution in [0.2, 0.25) is 0 Å². The van der Waals surface area contributed by atoms with Gasteiger partial charge in [-0.05, 0) is 43.4 Å². The van der Waals surface area contributed by atoms with E-state index in [1.807, 2.05) is 24.0 Å². The highest BCUT2D eigenvalue weighted by molar-refractivity contribution is 5.96. The number of rotatable bonds is 4. The minimum atomic E-state index is 0.113. The maximum Gasteiger partial charge on any atom is 0.254 e. The molecule has 1 amide bonds. The quantitative estimate of drug-likeness (QED) is 0.849. The van der Waals surface area contributed by atoms with Crippen LogP contribution < -0.4 is 9.47 Å². The van der Waals surface area contributed by atoms with Crippen LogP contribution in [0, 0.1) is 0 Å². The predicted octanol–water partition coefficient (Wildman–Crippen LogP) is 2.89. The number of amides is 1. The Balaban J connectivity index is 2.35. The third-order valence-electron chi connectivity index (χ3n) is 3.86. The Morgan fingerprint density at radius 1 is 1.10 bits per heavy atom. The molecule has 0 radical (unpaired) electrons. The largest absolute Gasteiger partial charge is 0.493 e. The molecule has 1 aromatic carbocycles. The van der Waals surface area contributed by atoms with Gasteiger partial charge in [-0.2, -0.15) is 0 Å². The third-order valence-corrected chi connectivity index (χ3v) is 3.86. The number of ether oxygens (including phenoxy) is 2. The Kier molecular flexibility index (Phi) is 4.88. The number of aryl methyl sites for hydroxylation is 1. The maximum atomic E-state index is 12.7. The van der Waals surface area contributed by atoms with Crippen molar-refractivity contribution < 1.29 is 14.3 Å². The summed E-state index contributed by atoms with van der Waals surface area (Å²) in [5, 5.41) is 0. The summed E-state index contributed by atoms with van der Waals surface area (Å²) in [7, 11) is 3.21. The van der Waals surface area contributed by atoms with Crippen LogP contribution >= 0.6 is 0 Å². The zero-order chi connectivity index (χ0) is 14.5. The molecular formula is C16H23NO3. The van der Waals surface area contributed by atoms with Gasteiger partial charge in [-0.1, -0.05) is 6.92 Å². The van der Waals surface area contributed by atoms with Gasteiger partial charge in [0.2, 0.25) is 0 Å². The average Bonchev–Trinajstić information content (AvgIpc) is 2.53. The summed E-state index contributed by atoms with van der Waals surface area (Å²) < 4.78 is 10.6. The molecule has 0 aromatic heterocycles. The van der Waals surface area contributed by atoms with Gasteiger partial charge in [0.1, 0.15) is 0 Å². The van der Waals surface area contributed by atoms with E-state index >= 15 is 0 Å². The second-order valence-corrected chi connectivity index (χ2v) is 5.07. The third kappa shape index (κ3) is 2.89. The fourth-order valence-electron chi connectivity index (χ4n) is 2.68. The number of methoxy groups -OCH3 is 2. The number of likely N-dealkylation sites (tertiary alicyclic amines) is 1. The van der Waals surface area contributed by atoms with Crippen molar-refractivity contribution in [3.8, 4) is 11.5 Å². The Labute approximate surface area is 120 Å². The molecule has 0 aliphatic carbocycles. The van der Waals surface area contributed by atoms with Crippen LogP contribution in [0.3, 0.4) is 0 Å². The fourth-order valence-corrected chi connectivity index (χ4v) is 2.68. The summed E-state index contributed by atoms with van der Waals surface area (Å²) in [6, 6.07) is 3.73. The van der Waals surface area contributed by atoms with E-state index in [2.05, 4.69) is 0 Å². The lowest BCUT2D eigenvalue weighted by Gasteiger charge is -2.27. The molecule has 4 nitrogen and oxygen atoms in total. The van der Waals surface area contributed by atoms with Gasteiger partial charge < -0.3 is 14.4 Å². The van der Waals surface area contributed by atoms with Crippen molar-refractivity contribution in [1.82, 2.24) is 4.90 Å². The van der Waals surface area contributed by atoms with Gasteiger partial charge in [0.05, 0.1) is 14.2 Å². The first-order valence-electron chi connectivity index (χ1n) is 7.25. The molecule has 20 heavy (non-hydrogen) atoms. The van der Waals surface area contributed by atoms with Crippen LogP contribution in [0.5, 0.6) is 11.5 Å². The van der Waals surface area contributed by atoms with E-state index in [0.29, 0.717) is 11.5 Å². The Bertz CT molecular complexity index is 479. The normalized spacial score (nSPS) is 15.1. The van der Waals surface area contributed by atoms with Gasteiger partial charge >= 0.3 is 0 Å². The molecule has 1 saturated heterocycles. The van der Waals surface area contributed by atoms with E-state index in [1.54, 1.807) is 14.2 Å². The second-order valence-electron chi connectivity index (χ2n) is 5.07. The Morgan fingerprint density at radius 3 is 2.25 bits per heavy atom. The topological polar surface area (TPSA) is 38.8 Å². The van der Waals surface area contributed by atoms with E-state index in [4.69, 9.17) is 9.47 Å². The molecule has 1 fully saturated rings. The monoisotopic (exact) mass is 277 g/mol. The summed E-state index contributed by atoms with van der Waals surface area (Å²) in [5.41, 5.74) is 1.75. The highest BCUT2D eigenvalue weighted by Crippen LogP contribution is 2.31. The van der Waals surface area contributed by atoms with Crippen molar-refractivity contribution in [3.05, 3.63) is 23.3 Å². The zero-order valence-electron chi connectivity index (χ0n) is 12.6. The lowest BCUT2D eigenvalue weighted by Crippen LogP contribution is -2.36. The number of hydrogen-bond acceptors (Lipinski definition) is 3. The summed E-state index contributed by atoms with van der Waals surface area (Å²) in [5.74, 6) is 1.41. The molecule has 1 aromatic rings. The molecule has 0 bridgehead atoms. The number of piperidine rings is 1. The summed E-state index contributed by atoms with van der Waals surface area (Å²) in [6.07, 6.45) is 4.21. The maximum absolute atomic E-state index is 12.7. The standard InChI is InChI=1S/C16H23NO3/c1-4-12-10-14(19-2)15(20-3)11-13(12)16(18)17-8-6-5-7-9-17/h10-11H,4-9H2,1-3H3. The van der Waals surface area contributed by atoms with Gasteiger partial charge in [-0.3, -0.25) is 4.79 Å². The molecule has 0 spiro atoms. The van der Waals surface area contributed by atoms with Gasteiger partial charge in [0.25, 0.3) is 5.91 Å². The van der Waals surface area contributed by atoms with Gasteiger partial charge in [-0.25, -0.2) is 0 Å². The van der Waals surface area contributed by atoms with Crippen LogP contribution in [0.15, 0.2) is 12.1 Å². The second kappa shape index (κ2) is 6.64. The van der Waals surface area contributed by atoms with Gasteiger partial charge in [-0.15, -0.1) is 0 Å². The first-order chi connectivity index (χ1) is 9.71. The predicted molar refractivity (Wildman–Crippen MR) is 78.7 cm³/mol. The van der Waals surface area contributed by atoms with Gasteiger partial charge in [0, 0.05) is 18.7 Å². The number of hydrogen-bond donors (Lipinski definition) is 0. The number of nitrogens with zero attached hydrogens (tertiary/aromatic N) is 1. The van der Waals surface area contributed by atoms with Crippen molar-refractivity contribution >= 4 is 5.91 Å². The molecule has 0 unspecified atom stereocenters. The molecule has 2 rings (SSSR count). The fraction of sp³-hybridized carbons (Fsp3) is 0.562. The van der Waals surface area contributed by atoms with Crippen molar-refractivity contribution in [1.29, 1.82) is 0 Å². The summed E-state index contributed by atoms with van der Waals surface area (Å²) >= 11 is 0. The molecule has 0 atom stereocenters. The Morgan fingerprint density at radius 2 is 1.70 bits per heavy atom. The molecular weight excluding hydrogens is 254 g/mol. The molecule has 4 heteroatoms. The van der Waals surface area contributed by atoms with Crippen molar-refractivity contribution in [2.75, 3.05) is 27.3 Å². The molecule has 0 N–H and O–H groups in total. The highest BCUT2D eigenvalue weighted by Gasteiger charge is 2.22. The molecule has 1 aliphatic heterocycles. The molecule has 1 heterocycles. The summed E-state index contributed by atoms with van der Waals surface area (Å²) in [4.78, 5) is 14.6. The lowest BCUT2D eigenvalue weighted by atomic mass is 10.0. The smallest absolute Gasteiger partial charge is 0.254 e. The van der Waals surface area contributed by atoms with Crippen LogP contribution in [0.4, 0.5) is 0 Å². The van der Waals surface area contributed by atoms with Crippen LogP contribution in [-0.2, 0) is 6.42 Å². The van der Waals surface area contributed by atoms with E-state index in [1.165, 1.54) is 6.42 Å². The zero-order valence-corrected chi connectivity index (χ0v) is 12.6. The molecule has 110 valence electrons. The van der Waals surface area contributed by atoms with Crippen molar-refractivity contribution in [2.45, 2.75) is 32.6 Å². The Hall–Kier alpha value is -1.71. The highest BCUT2D eigenvalue weighted by atomic mass is 16.5. The first-order valence-corrected chi connectivity index (χ1v) is 7.25. The number of carbonyl (C=O) groups is 1. The summed E-state index contributed by atoms with van der Waals surface area (Å²) in [6.45, 7) is 3.76. The van der Waals surface area contributed by atoms with Crippen LogP contribution in [0.25, 0.3) is 0 Å². The van der Waals surface area contributed by atoms with E-state index in [9.17, 15) is 4.79 Å². The molecule has 0 saturated carbocycles. The van der Waals surface area contributed by atoms with Gasteiger partial charge in [0.15, 0.2) is 11.5 Å².